The second-order valence-corrected chi connectivity index (χ2v) is 5.14. The summed E-state index contributed by atoms with van der Waals surface area (Å²) in [5.41, 5.74) is -0.471. The summed E-state index contributed by atoms with van der Waals surface area (Å²) in [6, 6.07) is 0. The quantitative estimate of drug-likeness (QED) is 0.708. The van der Waals surface area contributed by atoms with Crippen LogP contribution in [0.25, 0.3) is 0 Å². The molecule has 1 aromatic heterocycles. The van der Waals surface area contributed by atoms with Crippen LogP contribution in [-0.2, 0) is 17.4 Å². The molecule has 1 atom stereocenters. The fraction of sp³-hybridized carbons (Fsp3) is 0.467. The predicted octanol–water partition coefficient (Wildman–Crippen LogP) is 1.51. The van der Waals surface area contributed by atoms with E-state index in [-0.39, 0.29) is 18.4 Å². The number of hydrogen-bond acceptors (Lipinski definition) is 3. The molecule has 0 fully saturated rings. The smallest absolute Gasteiger partial charge is 0.223 e. The first-order valence-electron chi connectivity index (χ1n) is 6.61. The van der Waals surface area contributed by atoms with E-state index in [1.54, 1.807) is 43.2 Å². The Morgan fingerprint density at radius 1 is 1.55 bits per heavy atom. The van der Waals surface area contributed by atoms with E-state index in [0.717, 1.165) is 0 Å². The van der Waals surface area contributed by atoms with Crippen molar-refractivity contribution in [1.29, 1.82) is 0 Å². The van der Waals surface area contributed by atoms with Gasteiger partial charge < -0.3 is 10.4 Å². The lowest BCUT2D eigenvalue weighted by molar-refractivity contribution is -0.126. The average molecular weight is 277 g/mol. The van der Waals surface area contributed by atoms with Crippen molar-refractivity contribution in [2.75, 3.05) is 6.54 Å². The minimum atomic E-state index is -1.14. The van der Waals surface area contributed by atoms with E-state index < -0.39 is 5.60 Å². The number of allylic oxidation sites excluding steroid dienone is 2. The lowest BCUT2D eigenvalue weighted by Crippen LogP contribution is -2.41. The number of amides is 1. The van der Waals surface area contributed by atoms with Crippen LogP contribution in [0.5, 0.6) is 0 Å². The van der Waals surface area contributed by atoms with Crippen molar-refractivity contribution in [2.24, 2.45) is 13.0 Å². The lowest BCUT2D eigenvalue weighted by atomic mass is 9.97. The maximum atomic E-state index is 12.1. The molecule has 0 spiro atoms. The Bertz CT molecular complexity index is 467. The van der Waals surface area contributed by atoms with Crippen molar-refractivity contribution < 1.29 is 9.90 Å². The summed E-state index contributed by atoms with van der Waals surface area (Å²) in [7, 11) is 1.78. The van der Waals surface area contributed by atoms with Gasteiger partial charge in [-0.15, -0.1) is 13.2 Å². The van der Waals surface area contributed by atoms with Crippen LogP contribution in [0.3, 0.4) is 0 Å². The summed E-state index contributed by atoms with van der Waals surface area (Å²) in [4.78, 5) is 12.1. The maximum absolute atomic E-state index is 12.1. The Morgan fingerprint density at radius 2 is 2.15 bits per heavy atom. The van der Waals surface area contributed by atoms with Gasteiger partial charge in [0.05, 0.1) is 12.7 Å². The third-order valence-corrected chi connectivity index (χ3v) is 3.21. The number of carbonyl (C=O) groups excluding carboxylic acids is 1. The molecule has 20 heavy (non-hydrogen) atoms. The van der Waals surface area contributed by atoms with Gasteiger partial charge in [-0.05, 0) is 19.8 Å². The first-order valence-corrected chi connectivity index (χ1v) is 6.61. The van der Waals surface area contributed by atoms with Crippen molar-refractivity contribution in [3.05, 3.63) is 43.3 Å². The van der Waals surface area contributed by atoms with Gasteiger partial charge in [0.25, 0.3) is 0 Å². The number of nitrogens with one attached hydrogen (secondary N) is 1. The van der Waals surface area contributed by atoms with Crippen molar-refractivity contribution in [3.8, 4) is 0 Å². The fourth-order valence-corrected chi connectivity index (χ4v) is 1.92. The van der Waals surface area contributed by atoms with Crippen molar-refractivity contribution in [1.82, 2.24) is 15.1 Å². The standard InChI is InChI=1S/C15H23N3O2/c1-5-7-12(8-6-2)14(19)16-11-15(3,20)13-9-17-18(4)10-13/h5-6,9-10,12,20H,1-2,7-8,11H2,3-4H3,(H,16,19). The molecule has 1 heterocycles. The molecule has 0 radical (unpaired) electrons. The summed E-state index contributed by atoms with van der Waals surface area (Å²) < 4.78 is 1.61. The van der Waals surface area contributed by atoms with Crippen LogP contribution in [-0.4, -0.2) is 27.3 Å². The van der Waals surface area contributed by atoms with Gasteiger partial charge in [0.1, 0.15) is 5.60 Å². The minimum absolute atomic E-state index is 0.103. The van der Waals surface area contributed by atoms with Crippen molar-refractivity contribution in [2.45, 2.75) is 25.4 Å². The van der Waals surface area contributed by atoms with Crippen LogP contribution in [0, 0.1) is 5.92 Å². The number of nitrogens with zero attached hydrogens (tertiary/aromatic N) is 2. The van der Waals surface area contributed by atoms with Crippen molar-refractivity contribution >= 4 is 5.91 Å². The molecule has 0 aliphatic heterocycles. The van der Waals surface area contributed by atoms with Gasteiger partial charge in [0.2, 0.25) is 5.91 Å². The minimum Gasteiger partial charge on any atom is -0.383 e. The first kappa shape index (κ1) is 16.2. The molecule has 0 bridgehead atoms. The number of aromatic nitrogens is 2. The molecule has 0 aliphatic rings. The highest BCUT2D eigenvalue weighted by atomic mass is 16.3. The van der Waals surface area contributed by atoms with E-state index in [0.29, 0.717) is 18.4 Å². The van der Waals surface area contributed by atoms with Gasteiger partial charge in [0.15, 0.2) is 0 Å². The van der Waals surface area contributed by atoms with Gasteiger partial charge in [0, 0.05) is 24.7 Å². The Balaban J connectivity index is 2.62. The molecular weight excluding hydrogens is 254 g/mol. The molecule has 0 saturated carbocycles. The second-order valence-electron chi connectivity index (χ2n) is 5.14. The molecule has 0 saturated heterocycles. The largest absolute Gasteiger partial charge is 0.383 e. The van der Waals surface area contributed by atoms with Crippen LogP contribution >= 0.6 is 0 Å². The van der Waals surface area contributed by atoms with Gasteiger partial charge in [-0.3, -0.25) is 9.48 Å². The molecule has 5 heteroatoms. The van der Waals surface area contributed by atoms with E-state index in [1.807, 2.05) is 0 Å². The number of hydrogen-bond donors (Lipinski definition) is 2. The Hall–Kier alpha value is -1.88. The molecule has 5 nitrogen and oxygen atoms in total. The molecule has 1 aromatic rings. The lowest BCUT2D eigenvalue weighted by Gasteiger charge is -2.23. The number of rotatable bonds is 8. The van der Waals surface area contributed by atoms with E-state index in [1.165, 1.54) is 0 Å². The molecule has 1 unspecified atom stereocenters. The summed E-state index contributed by atoms with van der Waals surface area (Å²) in [6.45, 7) is 9.09. The molecule has 2 N–H and O–H groups in total. The number of aliphatic hydroxyl groups is 1. The highest BCUT2D eigenvalue weighted by Gasteiger charge is 2.26. The van der Waals surface area contributed by atoms with Gasteiger partial charge >= 0.3 is 0 Å². The summed E-state index contributed by atoms with van der Waals surface area (Å²) in [6.07, 6.45) is 7.94. The van der Waals surface area contributed by atoms with E-state index >= 15 is 0 Å². The third-order valence-electron chi connectivity index (χ3n) is 3.21. The van der Waals surface area contributed by atoms with Gasteiger partial charge in [-0.25, -0.2) is 0 Å². The predicted molar refractivity (Wildman–Crippen MR) is 78.9 cm³/mol. The van der Waals surface area contributed by atoms with Crippen LogP contribution in [0.2, 0.25) is 0 Å². The Morgan fingerprint density at radius 3 is 2.60 bits per heavy atom. The van der Waals surface area contributed by atoms with Crippen LogP contribution in [0.1, 0.15) is 25.3 Å². The van der Waals surface area contributed by atoms with Crippen molar-refractivity contribution in [3.63, 3.8) is 0 Å². The summed E-state index contributed by atoms with van der Waals surface area (Å²) >= 11 is 0. The zero-order valence-corrected chi connectivity index (χ0v) is 12.2. The molecule has 110 valence electrons. The van der Waals surface area contributed by atoms with Crippen LogP contribution in [0.4, 0.5) is 0 Å². The zero-order chi connectivity index (χ0) is 15.2. The van der Waals surface area contributed by atoms with E-state index in [9.17, 15) is 9.90 Å². The summed E-state index contributed by atoms with van der Waals surface area (Å²) in [5, 5.41) is 17.2. The molecule has 1 rings (SSSR count). The summed E-state index contributed by atoms with van der Waals surface area (Å²) in [5.74, 6) is -0.288. The van der Waals surface area contributed by atoms with Gasteiger partial charge in [-0.2, -0.15) is 5.10 Å². The Labute approximate surface area is 120 Å². The highest BCUT2D eigenvalue weighted by Crippen LogP contribution is 2.19. The van der Waals surface area contributed by atoms with Crippen LogP contribution < -0.4 is 5.32 Å². The molecule has 0 aliphatic carbocycles. The number of carbonyl (C=O) groups is 1. The van der Waals surface area contributed by atoms with Gasteiger partial charge in [-0.1, -0.05) is 12.2 Å². The maximum Gasteiger partial charge on any atom is 0.223 e. The first-order chi connectivity index (χ1) is 9.40. The third kappa shape index (κ3) is 4.35. The SMILES string of the molecule is C=CCC(CC=C)C(=O)NCC(C)(O)c1cnn(C)c1. The molecular formula is C15H23N3O2. The second kappa shape index (κ2) is 7.05. The monoisotopic (exact) mass is 277 g/mol. The number of aryl methyl sites for hydroxylation is 1. The topological polar surface area (TPSA) is 67.2 Å². The zero-order valence-electron chi connectivity index (χ0n) is 12.2. The Kier molecular flexibility index (Phi) is 5.70. The van der Waals surface area contributed by atoms with E-state index in [4.69, 9.17) is 0 Å². The molecule has 0 aromatic carbocycles. The average Bonchev–Trinajstić information content (AvgIpc) is 2.83. The van der Waals surface area contributed by atoms with Crippen LogP contribution in [0.15, 0.2) is 37.7 Å². The fourth-order valence-electron chi connectivity index (χ4n) is 1.92. The molecule has 1 amide bonds. The normalized spacial score (nSPS) is 13.8. The highest BCUT2D eigenvalue weighted by molar-refractivity contribution is 5.79. The van der Waals surface area contributed by atoms with E-state index in [2.05, 4.69) is 23.6 Å².